The Bertz CT molecular complexity index is 920. The fourth-order valence-electron chi connectivity index (χ4n) is 4.08. The zero-order chi connectivity index (χ0) is 23.5. The number of rotatable bonds is 6. The van der Waals surface area contributed by atoms with Crippen LogP contribution < -0.4 is 5.32 Å². The Morgan fingerprint density at radius 1 is 0.906 bits per heavy atom. The molecular weight excluding hydrogens is 430 g/mol. The summed E-state index contributed by atoms with van der Waals surface area (Å²) in [5.74, 6) is -0.535. The molecule has 0 spiro atoms. The molecule has 1 unspecified atom stereocenters. The van der Waals surface area contributed by atoms with Crippen LogP contribution in [0.2, 0.25) is 0 Å². The maximum Gasteiger partial charge on any atom is 0.282 e. The van der Waals surface area contributed by atoms with Crippen LogP contribution in [0.3, 0.4) is 0 Å². The largest absolute Gasteiger partial charge is 0.340 e. The van der Waals surface area contributed by atoms with Crippen LogP contribution in [0.4, 0.5) is 0 Å². The smallest absolute Gasteiger partial charge is 0.282 e. The highest BCUT2D eigenvalue weighted by Gasteiger charge is 2.36. The Kier molecular flexibility index (Phi) is 7.92. The third-order valence-corrected chi connectivity index (χ3v) is 8.31. The minimum Gasteiger partial charge on any atom is -0.340 e. The topological polar surface area (TPSA) is 93.3 Å². The summed E-state index contributed by atoms with van der Waals surface area (Å²) in [6.45, 7) is 9.21. The summed E-state index contributed by atoms with van der Waals surface area (Å²) in [6.07, 6.45) is 0. The molecule has 2 aliphatic rings. The molecular formula is C22H35N5O4S. The zero-order valence-corrected chi connectivity index (χ0v) is 20.3. The van der Waals surface area contributed by atoms with Crippen LogP contribution in [0, 0.1) is 12.8 Å². The fraction of sp³-hybridized carbons (Fsp3) is 0.636. The molecule has 0 aliphatic carbocycles. The van der Waals surface area contributed by atoms with E-state index in [4.69, 9.17) is 0 Å². The molecule has 2 amide bonds. The van der Waals surface area contributed by atoms with Crippen LogP contribution in [0.15, 0.2) is 24.3 Å². The van der Waals surface area contributed by atoms with Crippen LogP contribution in [-0.2, 0) is 15.0 Å². The maximum atomic E-state index is 13.2. The minimum atomic E-state index is -3.52. The van der Waals surface area contributed by atoms with Crippen molar-refractivity contribution in [2.75, 3.05) is 59.4 Å². The maximum absolute atomic E-state index is 13.2. The van der Waals surface area contributed by atoms with E-state index >= 15 is 0 Å². The van der Waals surface area contributed by atoms with E-state index in [1.54, 1.807) is 17.0 Å². The molecule has 178 valence electrons. The van der Waals surface area contributed by atoms with Crippen LogP contribution in [-0.4, -0.2) is 104 Å². The van der Waals surface area contributed by atoms with Crippen molar-refractivity contribution in [1.82, 2.24) is 23.7 Å². The van der Waals surface area contributed by atoms with E-state index < -0.39 is 16.3 Å². The first-order valence-electron chi connectivity index (χ1n) is 11.2. The van der Waals surface area contributed by atoms with Gasteiger partial charge < -0.3 is 15.1 Å². The third kappa shape index (κ3) is 5.48. The van der Waals surface area contributed by atoms with Gasteiger partial charge in [-0.1, -0.05) is 32.0 Å². The molecule has 0 aromatic heterocycles. The van der Waals surface area contributed by atoms with Gasteiger partial charge in [0.2, 0.25) is 5.91 Å². The summed E-state index contributed by atoms with van der Waals surface area (Å²) in [7, 11) is -1.54. The first-order valence-corrected chi connectivity index (χ1v) is 12.6. The molecule has 9 nitrogen and oxygen atoms in total. The number of amides is 2. The summed E-state index contributed by atoms with van der Waals surface area (Å²) in [6, 6.07) is 6.61. The molecule has 10 heteroatoms. The molecule has 0 saturated carbocycles. The summed E-state index contributed by atoms with van der Waals surface area (Å²) >= 11 is 0. The average Bonchev–Trinajstić information content (AvgIpc) is 2.77. The third-order valence-electron chi connectivity index (χ3n) is 6.27. The number of benzene rings is 1. The van der Waals surface area contributed by atoms with Gasteiger partial charge in [-0.05, 0) is 31.5 Å². The van der Waals surface area contributed by atoms with E-state index in [9.17, 15) is 18.0 Å². The van der Waals surface area contributed by atoms with Crippen molar-refractivity contribution in [3.05, 3.63) is 35.4 Å². The molecule has 32 heavy (non-hydrogen) atoms. The Hall–Kier alpha value is -2.01. The van der Waals surface area contributed by atoms with Crippen LogP contribution >= 0.6 is 0 Å². The van der Waals surface area contributed by atoms with E-state index in [-0.39, 0.29) is 30.8 Å². The Morgan fingerprint density at radius 3 is 1.97 bits per heavy atom. The summed E-state index contributed by atoms with van der Waals surface area (Å²) in [4.78, 5) is 29.8. The predicted octanol–water partition coefficient (Wildman–Crippen LogP) is 0.386. The van der Waals surface area contributed by atoms with E-state index in [1.165, 1.54) is 8.61 Å². The number of carbonyl (C=O) groups excluding carboxylic acids is 2. The molecule has 1 N–H and O–H groups in total. The molecule has 2 heterocycles. The molecule has 2 aliphatic heterocycles. The van der Waals surface area contributed by atoms with Crippen LogP contribution in [0.5, 0.6) is 0 Å². The van der Waals surface area contributed by atoms with Crippen LogP contribution in [0.1, 0.15) is 29.8 Å². The van der Waals surface area contributed by atoms with Gasteiger partial charge in [0.25, 0.3) is 16.1 Å². The van der Waals surface area contributed by atoms with Gasteiger partial charge in [0, 0.05) is 57.9 Å². The molecule has 1 aromatic rings. The fourth-order valence-corrected chi connectivity index (χ4v) is 5.65. The van der Waals surface area contributed by atoms with E-state index in [2.05, 4.69) is 10.2 Å². The molecule has 2 saturated heterocycles. The van der Waals surface area contributed by atoms with Gasteiger partial charge in [-0.15, -0.1) is 0 Å². The number of nitrogens with one attached hydrogen (secondary N) is 1. The van der Waals surface area contributed by atoms with Crippen LogP contribution in [0.25, 0.3) is 0 Å². The van der Waals surface area contributed by atoms with Crippen molar-refractivity contribution in [2.45, 2.75) is 26.8 Å². The SMILES string of the molecule is Cc1ccccc1C(=O)NC(C(=O)N1CCN(S(=O)(=O)N2CCN(C)CC2)CC1)C(C)C. The zero-order valence-electron chi connectivity index (χ0n) is 19.5. The summed E-state index contributed by atoms with van der Waals surface area (Å²) < 4.78 is 28.9. The van der Waals surface area contributed by atoms with E-state index in [0.29, 0.717) is 44.8 Å². The van der Waals surface area contributed by atoms with Crippen molar-refractivity contribution in [1.29, 1.82) is 0 Å². The minimum absolute atomic E-state index is 0.0948. The second kappa shape index (κ2) is 10.3. The number of likely N-dealkylation sites (N-methyl/N-ethyl adjacent to an activating group) is 1. The number of carbonyl (C=O) groups is 2. The van der Waals surface area contributed by atoms with Gasteiger partial charge >= 0.3 is 0 Å². The van der Waals surface area contributed by atoms with Crippen molar-refractivity contribution >= 4 is 22.0 Å². The lowest BCUT2D eigenvalue weighted by atomic mass is 10.0. The number of hydrogen-bond acceptors (Lipinski definition) is 5. The first-order chi connectivity index (χ1) is 15.1. The molecule has 2 fully saturated rings. The van der Waals surface area contributed by atoms with Gasteiger partial charge in [0.05, 0.1) is 0 Å². The lowest BCUT2D eigenvalue weighted by Gasteiger charge is -2.40. The molecule has 1 aromatic carbocycles. The normalized spacial score (nSPS) is 20.3. The average molecular weight is 466 g/mol. The Morgan fingerprint density at radius 2 is 1.44 bits per heavy atom. The van der Waals surface area contributed by atoms with Gasteiger partial charge in [-0.3, -0.25) is 9.59 Å². The van der Waals surface area contributed by atoms with Gasteiger partial charge in [0.15, 0.2) is 0 Å². The lowest BCUT2D eigenvalue weighted by molar-refractivity contribution is -0.135. The second-order valence-electron chi connectivity index (χ2n) is 8.94. The van der Waals surface area contributed by atoms with Crippen molar-refractivity contribution in [2.24, 2.45) is 5.92 Å². The van der Waals surface area contributed by atoms with Crippen molar-refractivity contribution in [3.8, 4) is 0 Å². The highest BCUT2D eigenvalue weighted by Crippen LogP contribution is 2.17. The van der Waals surface area contributed by atoms with Gasteiger partial charge in [-0.2, -0.15) is 17.0 Å². The number of aryl methyl sites for hydroxylation is 1. The lowest BCUT2D eigenvalue weighted by Crippen LogP contribution is -2.59. The standard InChI is InChI=1S/C22H35N5O4S/c1-17(2)20(23-21(28)19-8-6-5-7-18(19)3)22(29)25-11-15-27(16-12-25)32(30,31)26-13-9-24(4)10-14-26/h5-8,17,20H,9-16H2,1-4H3,(H,23,28). The number of hydrogen-bond donors (Lipinski definition) is 1. The highest BCUT2D eigenvalue weighted by atomic mass is 32.2. The summed E-state index contributed by atoms with van der Waals surface area (Å²) in [5.41, 5.74) is 1.40. The predicted molar refractivity (Wildman–Crippen MR) is 123 cm³/mol. The molecule has 0 radical (unpaired) electrons. The van der Waals surface area contributed by atoms with E-state index in [0.717, 1.165) is 5.56 Å². The van der Waals surface area contributed by atoms with Crippen molar-refractivity contribution < 1.29 is 18.0 Å². The molecule has 1 atom stereocenters. The Labute approximate surface area is 191 Å². The van der Waals surface area contributed by atoms with Crippen molar-refractivity contribution in [3.63, 3.8) is 0 Å². The van der Waals surface area contributed by atoms with Gasteiger partial charge in [-0.25, -0.2) is 0 Å². The summed E-state index contributed by atoms with van der Waals surface area (Å²) in [5, 5.41) is 2.89. The second-order valence-corrected chi connectivity index (χ2v) is 10.9. The number of piperazine rings is 2. The first kappa shape index (κ1) is 24.6. The quantitative estimate of drug-likeness (QED) is 0.656. The molecule has 3 rings (SSSR count). The Balaban J connectivity index is 1.61. The van der Waals surface area contributed by atoms with E-state index in [1.807, 2.05) is 40.0 Å². The monoisotopic (exact) mass is 465 g/mol. The highest BCUT2D eigenvalue weighted by molar-refractivity contribution is 7.86. The van der Waals surface area contributed by atoms with Gasteiger partial charge in [0.1, 0.15) is 6.04 Å². The number of nitrogens with zero attached hydrogens (tertiary/aromatic N) is 4. The molecule has 0 bridgehead atoms.